The van der Waals surface area contributed by atoms with Crippen molar-refractivity contribution in [3.8, 4) is 44.5 Å². The highest BCUT2D eigenvalue weighted by Gasteiger charge is 2.37. The molecule has 0 bridgehead atoms. The van der Waals surface area contributed by atoms with Gasteiger partial charge in [-0.25, -0.2) is 0 Å². The molecule has 1 aromatic heterocycles. The van der Waals surface area contributed by atoms with Crippen molar-refractivity contribution in [3.63, 3.8) is 0 Å². The molecule has 0 saturated carbocycles. The van der Waals surface area contributed by atoms with Gasteiger partial charge in [-0.05, 0) is 129 Å². The van der Waals surface area contributed by atoms with Crippen LogP contribution in [0.25, 0.3) is 108 Å². The second-order valence-electron chi connectivity index (χ2n) is 16.0. The number of fused-ring (bicyclic) bond motifs is 11. The summed E-state index contributed by atoms with van der Waals surface area (Å²) < 4.78 is 2.71. The molecule has 10 aromatic carbocycles. The fourth-order valence-corrected chi connectivity index (χ4v) is 11.1. The molecule has 1 heterocycles. The number of hydrogen-bond donors (Lipinski definition) is 0. The maximum absolute atomic E-state index is 2.51. The summed E-state index contributed by atoms with van der Waals surface area (Å²) in [4.78, 5) is 0. The van der Waals surface area contributed by atoms with E-state index in [9.17, 15) is 0 Å². The van der Waals surface area contributed by atoms with Crippen LogP contribution in [0.15, 0.2) is 182 Å². The largest absolute Gasteiger partial charge is 0.135 e. The van der Waals surface area contributed by atoms with Gasteiger partial charge in [-0.2, -0.15) is 0 Å². The fourth-order valence-electron chi connectivity index (χ4n) is 10.0. The van der Waals surface area contributed by atoms with Crippen molar-refractivity contribution in [2.24, 2.45) is 0 Å². The SMILES string of the molecule is CC1(C)c2cc(-c3c4ccccc4c(-c4cccc(-c5cccc6ccccc56)c4)c4ccccc34)ccc2-c2c1ccc1cc3sc4ccccc4c3cc21. The third-order valence-electron chi connectivity index (χ3n) is 12.6. The molecule has 12 rings (SSSR count). The van der Waals surface area contributed by atoms with Gasteiger partial charge in [0.25, 0.3) is 0 Å². The Balaban J connectivity index is 1.07. The van der Waals surface area contributed by atoms with Crippen LogP contribution in [0, 0.1) is 0 Å². The molecule has 0 N–H and O–H groups in total. The van der Waals surface area contributed by atoms with Crippen LogP contribution in [0.5, 0.6) is 0 Å². The van der Waals surface area contributed by atoms with E-state index < -0.39 is 0 Å². The molecule has 0 unspecified atom stereocenters. The van der Waals surface area contributed by atoms with Crippen molar-refractivity contribution in [2.75, 3.05) is 0 Å². The van der Waals surface area contributed by atoms with Gasteiger partial charge in [0.05, 0.1) is 0 Å². The van der Waals surface area contributed by atoms with Crippen LogP contribution in [0.2, 0.25) is 0 Å². The summed E-state index contributed by atoms with van der Waals surface area (Å²) in [6, 6.07) is 68.3. The van der Waals surface area contributed by atoms with E-state index in [1.807, 2.05) is 11.3 Å². The molecule has 11 aromatic rings. The number of rotatable bonds is 3. The van der Waals surface area contributed by atoms with Gasteiger partial charge >= 0.3 is 0 Å². The highest BCUT2D eigenvalue weighted by Crippen LogP contribution is 2.54. The van der Waals surface area contributed by atoms with Crippen LogP contribution >= 0.6 is 11.3 Å². The van der Waals surface area contributed by atoms with E-state index >= 15 is 0 Å². The predicted octanol–water partition coefficient (Wildman–Crippen LogP) is 16.0. The van der Waals surface area contributed by atoms with Crippen molar-refractivity contribution in [3.05, 3.63) is 193 Å². The molecular weight excluding hydrogens is 693 g/mol. The van der Waals surface area contributed by atoms with Gasteiger partial charge in [0, 0.05) is 25.6 Å². The Bertz CT molecular complexity index is 3390. The lowest BCUT2D eigenvalue weighted by Crippen LogP contribution is -2.15. The summed E-state index contributed by atoms with van der Waals surface area (Å²) in [5, 5.41) is 13.0. The minimum Gasteiger partial charge on any atom is -0.135 e. The standard InChI is InChI=1S/C55H36S/c1-55(2)48-28-26-35-31-51-47(40-18-9-10-24-50(40)56-51)32-46(35)54(48)45-27-25-37(30-49(45)55)53-43-21-7-5-19-41(43)52(42-20-6-8-22-44(42)53)36-16-11-15-34(29-36)39-23-12-14-33-13-3-4-17-38(33)39/h3-32H,1-2H3. The van der Waals surface area contributed by atoms with Gasteiger partial charge < -0.3 is 0 Å². The minimum atomic E-state index is -0.145. The second kappa shape index (κ2) is 11.7. The van der Waals surface area contributed by atoms with E-state index in [0.717, 1.165) is 0 Å². The van der Waals surface area contributed by atoms with E-state index in [1.54, 1.807) is 0 Å². The van der Waals surface area contributed by atoms with Crippen molar-refractivity contribution < 1.29 is 0 Å². The first-order chi connectivity index (χ1) is 27.5. The zero-order valence-electron chi connectivity index (χ0n) is 31.2. The van der Waals surface area contributed by atoms with Crippen molar-refractivity contribution in [2.45, 2.75) is 19.3 Å². The Morgan fingerprint density at radius 3 is 1.68 bits per heavy atom. The molecule has 1 heteroatoms. The van der Waals surface area contributed by atoms with Crippen molar-refractivity contribution >= 4 is 74.6 Å². The third-order valence-corrected chi connectivity index (χ3v) is 13.8. The molecule has 262 valence electrons. The Hall–Kier alpha value is -6.54. The highest BCUT2D eigenvalue weighted by atomic mass is 32.1. The molecule has 0 fully saturated rings. The maximum atomic E-state index is 2.51. The summed E-state index contributed by atoms with van der Waals surface area (Å²) in [6.07, 6.45) is 0. The van der Waals surface area contributed by atoms with Gasteiger partial charge in [-0.15, -0.1) is 11.3 Å². The van der Waals surface area contributed by atoms with E-state index in [4.69, 9.17) is 0 Å². The summed E-state index contributed by atoms with van der Waals surface area (Å²) in [5.74, 6) is 0. The third kappa shape index (κ3) is 4.47. The Morgan fingerprint density at radius 1 is 0.321 bits per heavy atom. The molecule has 0 radical (unpaired) electrons. The lowest BCUT2D eigenvalue weighted by atomic mass is 9.80. The van der Waals surface area contributed by atoms with Gasteiger partial charge in [0.2, 0.25) is 0 Å². The molecule has 0 saturated heterocycles. The summed E-state index contributed by atoms with van der Waals surface area (Å²) in [6.45, 7) is 4.82. The topological polar surface area (TPSA) is 0 Å². The highest BCUT2D eigenvalue weighted by molar-refractivity contribution is 7.25. The Labute approximate surface area is 329 Å². The number of benzene rings is 10. The quantitative estimate of drug-likeness (QED) is 0.159. The van der Waals surface area contributed by atoms with E-state index in [0.29, 0.717) is 0 Å². The van der Waals surface area contributed by atoms with Crippen LogP contribution in [0.3, 0.4) is 0 Å². The molecule has 0 aliphatic heterocycles. The Morgan fingerprint density at radius 2 is 0.929 bits per heavy atom. The maximum Gasteiger partial charge on any atom is 0.0361 e. The first kappa shape index (κ1) is 31.8. The molecule has 0 atom stereocenters. The van der Waals surface area contributed by atoms with Crippen LogP contribution in [0.4, 0.5) is 0 Å². The average Bonchev–Trinajstić information content (AvgIpc) is 3.72. The lowest BCUT2D eigenvalue weighted by Gasteiger charge is -2.23. The molecule has 1 aliphatic carbocycles. The normalized spacial score (nSPS) is 13.3. The Kier molecular flexibility index (Phi) is 6.66. The zero-order valence-corrected chi connectivity index (χ0v) is 32.0. The van der Waals surface area contributed by atoms with E-state index in [1.165, 1.54) is 119 Å². The summed E-state index contributed by atoms with van der Waals surface area (Å²) in [5.41, 5.74) is 13.0. The van der Waals surface area contributed by atoms with Crippen LogP contribution in [0.1, 0.15) is 25.0 Å². The average molecular weight is 729 g/mol. The molecule has 0 nitrogen and oxygen atoms in total. The first-order valence-electron chi connectivity index (χ1n) is 19.6. The van der Waals surface area contributed by atoms with E-state index in [-0.39, 0.29) is 5.41 Å². The lowest BCUT2D eigenvalue weighted by molar-refractivity contribution is 0.661. The smallest absolute Gasteiger partial charge is 0.0361 e. The summed E-state index contributed by atoms with van der Waals surface area (Å²) in [7, 11) is 0. The number of thiophene rings is 1. The van der Waals surface area contributed by atoms with Gasteiger partial charge in [0.15, 0.2) is 0 Å². The monoisotopic (exact) mass is 728 g/mol. The van der Waals surface area contributed by atoms with Crippen LogP contribution < -0.4 is 0 Å². The van der Waals surface area contributed by atoms with Gasteiger partial charge in [0.1, 0.15) is 0 Å². The van der Waals surface area contributed by atoms with Crippen molar-refractivity contribution in [1.29, 1.82) is 0 Å². The molecular formula is C55H36S. The molecule has 0 amide bonds. The van der Waals surface area contributed by atoms with Gasteiger partial charge in [-0.1, -0.05) is 166 Å². The first-order valence-corrected chi connectivity index (χ1v) is 20.4. The zero-order chi connectivity index (χ0) is 37.1. The molecule has 56 heavy (non-hydrogen) atoms. The predicted molar refractivity (Wildman–Crippen MR) is 243 cm³/mol. The van der Waals surface area contributed by atoms with Crippen molar-refractivity contribution in [1.82, 2.24) is 0 Å². The van der Waals surface area contributed by atoms with Crippen LogP contribution in [-0.4, -0.2) is 0 Å². The van der Waals surface area contributed by atoms with Gasteiger partial charge in [-0.3, -0.25) is 0 Å². The van der Waals surface area contributed by atoms with E-state index in [2.05, 4.69) is 196 Å². The van der Waals surface area contributed by atoms with Crippen LogP contribution in [-0.2, 0) is 5.41 Å². The fraction of sp³-hybridized carbons (Fsp3) is 0.0545. The number of hydrogen-bond acceptors (Lipinski definition) is 1. The minimum absolute atomic E-state index is 0.145. The summed E-state index contributed by atoms with van der Waals surface area (Å²) >= 11 is 1.90. The molecule has 0 spiro atoms. The molecule has 1 aliphatic rings. The second-order valence-corrected chi connectivity index (χ2v) is 17.1.